The zero-order valence-corrected chi connectivity index (χ0v) is 15.0. The number of nitrogens with zero attached hydrogens (tertiary/aromatic N) is 1. The van der Waals surface area contributed by atoms with Crippen LogP contribution in [0.3, 0.4) is 0 Å². The molecule has 0 N–H and O–H groups in total. The number of hydrogen-bond donors (Lipinski definition) is 0. The van der Waals surface area contributed by atoms with Crippen molar-refractivity contribution in [3.05, 3.63) is 85.3 Å². The lowest BCUT2D eigenvalue weighted by atomic mass is 9.88. The Hall–Kier alpha value is -3.72. The number of nitro groups is 1. The van der Waals surface area contributed by atoms with Crippen LogP contribution in [0, 0.1) is 10.1 Å². The number of rotatable bonds is 3. The van der Waals surface area contributed by atoms with E-state index in [1.807, 2.05) is 49.4 Å². The van der Waals surface area contributed by atoms with Gasteiger partial charge in [0.05, 0.1) is 15.7 Å². The SMILES string of the molecule is CCc1cccc2c1Oc1c(c([N+](=O)[O-])c(=C=O)c(=C=O)c1C1C=CC=C1)C2. The summed E-state index contributed by atoms with van der Waals surface area (Å²) < 4.78 is 6.19. The molecule has 0 radical (unpaired) electrons. The molecule has 0 amide bonds. The predicted molar refractivity (Wildman–Crippen MR) is 102 cm³/mol. The third-order valence-corrected chi connectivity index (χ3v) is 5.16. The van der Waals surface area contributed by atoms with Gasteiger partial charge in [-0.15, -0.1) is 0 Å². The number of fused-ring (bicyclic) bond motifs is 2. The molecule has 1 aliphatic heterocycles. The van der Waals surface area contributed by atoms with Crippen molar-refractivity contribution in [3.8, 4) is 11.5 Å². The molecule has 0 unspecified atom stereocenters. The van der Waals surface area contributed by atoms with E-state index in [1.165, 1.54) is 0 Å². The number of nitro benzene ring substituents is 1. The quantitative estimate of drug-likeness (QED) is 0.518. The van der Waals surface area contributed by atoms with E-state index in [2.05, 4.69) is 0 Å². The van der Waals surface area contributed by atoms with Gasteiger partial charge in [0.25, 0.3) is 5.69 Å². The van der Waals surface area contributed by atoms with Crippen LogP contribution in [0.25, 0.3) is 0 Å². The van der Waals surface area contributed by atoms with Gasteiger partial charge in [0.1, 0.15) is 23.4 Å². The molecule has 138 valence electrons. The molecular weight excluding hydrogens is 358 g/mol. The minimum absolute atomic E-state index is 0.168. The molecule has 0 bridgehead atoms. The van der Waals surface area contributed by atoms with Gasteiger partial charge < -0.3 is 4.74 Å². The molecule has 1 heterocycles. The van der Waals surface area contributed by atoms with Gasteiger partial charge in [-0.1, -0.05) is 49.4 Å². The van der Waals surface area contributed by atoms with Gasteiger partial charge >= 0.3 is 0 Å². The number of para-hydroxylation sites is 1. The molecule has 6 nitrogen and oxygen atoms in total. The van der Waals surface area contributed by atoms with Gasteiger partial charge in [-0.25, -0.2) is 9.59 Å². The monoisotopic (exact) mass is 373 g/mol. The lowest BCUT2D eigenvalue weighted by molar-refractivity contribution is -0.386. The van der Waals surface area contributed by atoms with E-state index in [4.69, 9.17) is 4.74 Å². The average Bonchev–Trinajstić information content (AvgIpc) is 3.23. The molecule has 2 aromatic carbocycles. The van der Waals surface area contributed by atoms with Crippen LogP contribution in [-0.4, -0.2) is 16.8 Å². The average molecular weight is 373 g/mol. The second-order valence-corrected chi connectivity index (χ2v) is 6.61. The van der Waals surface area contributed by atoms with Crippen molar-refractivity contribution < 1.29 is 19.2 Å². The fourth-order valence-corrected chi connectivity index (χ4v) is 3.90. The van der Waals surface area contributed by atoms with E-state index in [0.29, 0.717) is 11.3 Å². The summed E-state index contributed by atoms with van der Waals surface area (Å²) in [4.78, 5) is 34.5. The smallest absolute Gasteiger partial charge is 0.296 e. The Bertz CT molecular complexity index is 1230. The third-order valence-electron chi connectivity index (χ3n) is 5.16. The molecule has 0 spiro atoms. The lowest BCUT2D eigenvalue weighted by Crippen LogP contribution is -2.36. The van der Waals surface area contributed by atoms with E-state index in [0.717, 1.165) is 17.5 Å². The topological polar surface area (TPSA) is 86.5 Å². The highest BCUT2D eigenvalue weighted by atomic mass is 16.6. The first-order chi connectivity index (χ1) is 13.6. The zero-order chi connectivity index (χ0) is 19.8. The molecule has 28 heavy (non-hydrogen) atoms. The van der Waals surface area contributed by atoms with Crippen molar-refractivity contribution >= 4 is 17.6 Å². The summed E-state index contributed by atoms with van der Waals surface area (Å²) in [6.07, 6.45) is 8.25. The molecule has 2 aliphatic rings. The van der Waals surface area contributed by atoms with E-state index >= 15 is 0 Å². The number of benzene rings is 2. The summed E-state index contributed by atoms with van der Waals surface area (Å²) in [5.74, 6) is 3.90. The zero-order valence-electron chi connectivity index (χ0n) is 15.0. The van der Waals surface area contributed by atoms with Gasteiger partial charge in [0.15, 0.2) is 5.22 Å². The predicted octanol–water partition coefficient (Wildman–Crippen LogP) is 2.07. The first-order valence-corrected chi connectivity index (χ1v) is 8.87. The molecule has 2 aromatic rings. The Morgan fingerprint density at radius 1 is 1.14 bits per heavy atom. The maximum Gasteiger partial charge on any atom is 0.296 e. The highest BCUT2D eigenvalue weighted by Gasteiger charge is 2.34. The highest BCUT2D eigenvalue weighted by Crippen LogP contribution is 2.44. The molecule has 0 aromatic heterocycles. The first-order valence-electron chi connectivity index (χ1n) is 8.87. The molecule has 0 fully saturated rings. The van der Waals surface area contributed by atoms with Crippen LogP contribution >= 0.6 is 0 Å². The van der Waals surface area contributed by atoms with Crippen molar-refractivity contribution in [3.63, 3.8) is 0 Å². The van der Waals surface area contributed by atoms with Crippen molar-refractivity contribution in [1.29, 1.82) is 0 Å². The van der Waals surface area contributed by atoms with E-state index < -0.39 is 10.6 Å². The van der Waals surface area contributed by atoms with Crippen molar-refractivity contribution in [2.45, 2.75) is 25.7 Å². The van der Waals surface area contributed by atoms with Crippen molar-refractivity contribution in [2.75, 3.05) is 0 Å². The summed E-state index contributed by atoms with van der Waals surface area (Å²) in [5, 5.41) is 11.3. The Kier molecular flexibility index (Phi) is 4.28. The number of aryl methyl sites for hydroxylation is 1. The molecular formula is C22H15NO5. The van der Waals surface area contributed by atoms with E-state index in [-0.39, 0.29) is 34.1 Å². The van der Waals surface area contributed by atoms with Crippen LogP contribution in [0.15, 0.2) is 42.5 Å². The van der Waals surface area contributed by atoms with Crippen LogP contribution in [-0.2, 0) is 22.4 Å². The van der Waals surface area contributed by atoms with Gasteiger partial charge in [0, 0.05) is 17.9 Å². The number of hydrogen-bond acceptors (Lipinski definition) is 5. The number of ether oxygens (including phenoxy) is 1. The van der Waals surface area contributed by atoms with E-state index in [1.54, 1.807) is 11.9 Å². The Morgan fingerprint density at radius 2 is 1.86 bits per heavy atom. The number of carbonyl (C=O) groups excluding carboxylic acids is 2. The normalized spacial score (nSPS) is 14.0. The second kappa shape index (κ2) is 6.78. The Labute approximate surface area is 159 Å². The Balaban J connectivity index is 2.15. The molecule has 0 saturated carbocycles. The van der Waals surface area contributed by atoms with Crippen LogP contribution in [0.5, 0.6) is 11.5 Å². The van der Waals surface area contributed by atoms with Gasteiger partial charge in [-0.05, 0) is 17.5 Å². The summed E-state index contributed by atoms with van der Waals surface area (Å²) in [6, 6.07) is 5.66. The summed E-state index contributed by atoms with van der Waals surface area (Å²) in [6.45, 7) is 2.00. The summed E-state index contributed by atoms with van der Waals surface area (Å²) >= 11 is 0. The maximum absolute atomic E-state index is 11.8. The third kappa shape index (κ3) is 2.52. The number of allylic oxidation sites excluding steroid dienone is 4. The minimum Gasteiger partial charge on any atom is -0.456 e. The van der Waals surface area contributed by atoms with Crippen LogP contribution < -0.4 is 15.2 Å². The highest BCUT2D eigenvalue weighted by molar-refractivity contribution is 5.72. The summed E-state index contributed by atoms with van der Waals surface area (Å²) in [5.41, 5.74) is 2.03. The largest absolute Gasteiger partial charge is 0.456 e. The minimum atomic E-state index is -0.651. The fraction of sp³-hybridized carbons (Fsp3) is 0.182. The maximum atomic E-state index is 11.8. The first kappa shape index (κ1) is 17.7. The standard InChI is InChI=1S/C22H15NO5/c1-2-13-8-5-9-15-10-16-20(23(26)27)18(12-25)17(11-24)19(14-6-3-4-7-14)22(16)28-21(13)15/h3-9,14H,2,10H2,1H3. The molecule has 0 atom stereocenters. The molecule has 6 heteroatoms. The lowest BCUT2D eigenvalue weighted by Gasteiger charge is -2.25. The fourth-order valence-electron chi connectivity index (χ4n) is 3.90. The van der Waals surface area contributed by atoms with Crippen LogP contribution in [0.2, 0.25) is 0 Å². The molecule has 0 saturated heterocycles. The van der Waals surface area contributed by atoms with Gasteiger partial charge in [-0.2, -0.15) is 0 Å². The molecule has 1 aliphatic carbocycles. The van der Waals surface area contributed by atoms with E-state index in [9.17, 15) is 19.7 Å². The molecule has 4 rings (SSSR count). The van der Waals surface area contributed by atoms with Gasteiger partial charge in [-0.3, -0.25) is 10.1 Å². The van der Waals surface area contributed by atoms with Gasteiger partial charge in [0.2, 0.25) is 0 Å². The second-order valence-electron chi connectivity index (χ2n) is 6.61. The van der Waals surface area contributed by atoms with Crippen LogP contribution in [0.4, 0.5) is 5.69 Å². The van der Waals surface area contributed by atoms with Crippen LogP contribution in [0.1, 0.15) is 35.1 Å². The Morgan fingerprint density at radius 3 is 2.46 bits per heavy atom. The van der Waals surface area contributed by atoms with Crippen molar-refractivity contribution in [2.24, 2.45) is 0 Å². The summed E-state index contributed by atoms with van der Waals surface area (Å²) in [7, 11) is 0. The van der Waals surface area contributed by atoms with Crippen molar-refractivity contribution in [1.82, 2.24) is 0 Å².